The number of allylic oxidation sites excluding steroid dienone is 3. The maximum atomic E-state index is 12.1. The minimum Gasteiger partial charge on any atom is -0.299 e. The summed E-state index contributed by atoms with van der Waals surface area (Å²) >= 11 is 0. The van der Waals surface area contributed by atoms with Crippen molar-refractivity contribution in [1.29, 1.82) is 0 Å². The first-order valence-corrected chi connectivity index (χ1v) is 5.68. The highest BCUT2D eigenvalue weighted by Gasteiger charge is 2.46. The van der Waals surface area contributed by atoms with Gasteiger partial charge in [0, 0.05) is 11.8 Å². The molecule has 0 aliphatic heterocycles. The van der Waals surface area contributed by atoms with E-state index in [1.807, 2.05) is 13.0 Å². The predicted octanol–water partition coefficient (Wildman–Crippen LogP) is 3.90. The number of hydrogen-bond acceptors (Lipinski definition) is 1. The summed E-state index contributed by atoms with van der Waals surface area (Å²) in [5, 5.41) is 0. The van der Waals surface area contributed by atoms with E-state index in [1.165, 1.54) is 0 Å². The second-order valence-electron chi connectivity index (χ2n) is 5.54. The van der Waals surface area contributed by atoms with Gasteiger partial charge in [-0.15, -0.1) is 0 Å². The summed E-state index contributed by atoms with van der Waals surface area (Å²) in [5.41, 5.74) is 0.753. The standard InChI is InChI=1S/C14H22O/c1-11(2)8-10-14(5)12(15)7-6-9-13(14,3)4/h8,10H,1,6-7,9H2,2-5H3/b10-8-. The van der Waals surface area contributed by atoms with E-state index in [-0.39, 0.29) is 10.8 Å². The topological polar surface area (TPSA) is 17.1 Å². The number of carbonyl (C=O) groups excluding carboxylic acids is 1. The second kappa shape index (κ2) is 3.96. The van der Waals surface area contributed by atoms with Gasteiger partial charge in [0.15, 0.2) is 0 Å². The molecule has 84 valence electrons. The minimum atomic E-state index is -0.315. The van der Waals surface area contributed by atoms with Gasteiger partial charge in [-0.25, -0.2) is 0 Å². The lowest BCUT2D eigenvalue weighted by Crippen LogP contribution is -2.43. The Hall–Kier alpha value is -0.850. The molecular weight excluding hydrogens is 184 g/mol. The first kappa shape index (κ1) is 12.2. The fourth-order valence-corrected chi connectivity index (χ4v) is 2.22. The Morgan fingerprint density at radius 3 is 2.47 bits per heavy atom. The fraction of sp³-hybridized carbons (Fsp3) is 0.643. The molecule has 1 fully saturated rings. The Morgan fingerprint density at radius 1 is 1.40 bits per heavy atom. The highest BCUT2D eigenvalue weighted by Crippen LogP contribution is 2.49. The molecule has 0 aromatic heterocycles. The zero-order chi connectivity index (χ0) is 11.7. The van der Waals surface area contributed by atoms with Crippen molar-refractivity contribution in [3.63, 3.8) is 0 Å². The Kier molecular flexibility index (Phi) is 3.22. The molecule has 0 heterocycles. The highest BCUT2D eigenvalue weighted by atomic mass is 16.1. The molecule has 1 saturated carbocycles. The second-order valence-corrected chi connectivity index (χ2v) is 5.54. The molecule has 15 heavy (non-hydrogen) atoms. The van der Waals surface area contributed by atoms with Crippen LogP contribution in [0.15, 0.2) is 24.3 Å². The van der Waals surface area contributed by atoms with Crippen molar-refractivity contribution in [3.8, 4) is 0 Å². The summed E-state index contributed by atoms with van der Waals surface area (Å²) in [7, 11) is 0. The minimum absolute atomic E-state index is 0.0638. The molecule has 1 atom stereocenters. The van der Waals surface area contributed by atoms with Gasteiger partial charge < -0.3 is 0 Å². The zero-order valence-corrected chi connectivity index (χ0v) is 10.4. The van der Waals surface area contributed by atoms with Crippen molar-refractivity contribution >= 4 is 5.78 Å². The van der Waals surface area contributed by atoms with Gasteiger partial charge in [-0.2, -0.15) is 0 Å². The molecule has 1 rings (SSSR count). The third-order valence-corrected chi connectivity index (χ3v) is 3.89. The SMILES string of the molecule is C=C(C)/C=C\C1(C)C(=O)CCCC1(C)C. The lowest BCUT2D eigenvalue weighted by atomic mass is 9.58. The molecule has 0 amide bonds. The van der Waals surface area contributed by atoms with Crippen molar-refractivity contribution in [2.75, 3.05) is 0 Å². The van der Waals surface area contributed by atoms with Gasteiger partial charge in [0.05, 0.1) is 0 Å². The molecule has 1 unspecified atom stereocenters. The van der Waals surface area contributed by atoms with E-state index in [0.29, 0.717) is 5.78 Å². The number of carbonyl (C=O) groups is 1. The fourth-order valence-electron chi connectivity index (χ4n) is 2.22. The third-order valence-electron chi connectivity index (χ3n) is 3.89. The Morgan fingerprint density at radius 2 is 2.00 bits per heavy atom. The molecule has 1 nitrogen and oxygen atoms in total. The third kappa shape index (κ3) is 2.22. The van der Waals surface area contributed by atoms with Crippen LogP contribution in [-0.2, 0) is 4.79 Å². The first-order chi connectivity index (χ1) is 6.79. The van der Waals surface area contributed by atoms with Crippen molar-refractivity contribution < 1.29 is 4.79 Å². The van der Waals surface area contributed by atoms with E-state index in [1.54, 1.807) is 0 Å². The predicted molar refractivity (Wildman–Crippen MR) is 64.7 cm³/mol. The van der Waals surface area contributed by atoms with Crippen LogP contribution in [0.3, 0.4) is 0 Å². The van der Waals surface area contributed by atoms with Crippen molar-refractivity contribution in [3.05, 3.63) is 24.3 Å². The molecule has 0 spiro atoms. The van der Waals surface area contributed by atoms with Crippen LogP contribution >= 0.6 is 0 Å². The van der Waals surface area contributed by atoms with Crippen LogP contribution in [0.2, 0.25) is 0 Å². The molecule has 1 heteroatoms. The van der Waals surface area contributed by atoms with Crippen LogP contribution in [0.5, 0.6) is 0 Å². The van der Waals surface area contributed by atoms with Crippen LogP contribution in [0, 0.1) is 10.8 Å². The van der Waals surface area contributed by atoms with Crippen LogP contribution in [0.4, 0.5) is 0 Å². The normalized spacial score (nSPS) is 30.8. The maximum Gasteiger partial charge on any atom is 0.143 e. The summed E-state index contributed by atoms with van der Waals surface area (Å²) in [6, 6.07) is 0. The monoisotopic (exact) mass is 206 g/mol. The maximum absolute atomic E-state index is 12.1. The van der Waals surface area contributed by atoms with Crippen LogP contribution in [0.25, 0.3) is 0 Å². The highest BCUT2D eigenvalue weighted by molar-refractivity contribution is 5.88. The molecule has 0 saturated heterocycles. The van der Waals surface area contributed by atoms with Crippen molar-refractivity contribution in [1.82, 2.24) is 0 Å². The molecule has 1 aliphatic carbocycles. The molecule has 0 bridgehead atoms. The van der Waals surface area contributed by atoms with Crippen LogP contribution < -0.4 is 0 Å². The Bertz CT molecular complexity index is 309. The molecule has 0 aromatic rings. The average Bonchev–Trinajstić information content (AvgIpc) is 2.11. The summed E-state index contributed by atoms with van der Waals surface area (Å²) < 4.78 is 0. The summed E-state index contributed by atoms with van der Waals surface area (Å²) in [4.78, 5) is 12.1. The molecule has 0 aromatic carbocycles. The Balaban J connectivity index is 3.04. The van der Waals surface area contributed by atoms with Crippen molar-refractivity contribution in [2.45, 2.75) is 47.0 Å². The number of Topliss-reactive ketones (excluding diaryl/α,β-unsaturated/α-hetero) is 1. The van der Waals surface area contributed by atoms with E-state index >= 15 is 0 Å². The van der Waals surface area contributed by atoms with Crippen LogP contribution in [-0.4, -0.2) is 5.78 Å². The lowest BCUT2D eigenvalue weighted by molar-refractivity contribution is -0.134. The van der Waals surface area contributed by atoms with Gasteiger partial charge in [-0.1, -0.05) is 38.2 Å². The smallest absolute Gasteiger partial charge is 0.143 e. The number of hydrogen-bond donors (Lipinski definition) is 0. The number of rotatable bonds is 2. The van der Waals surface area contributed by atoms with Gasteiger partial charge in [0.25, 0.3) is 0 Å². The van der Waals surface area contributed by atoms with Gasteiger partial charge in [-0.05, 0) is 32.1 Å². The van der Waals surface area contributed by atoms with Gasteiger partial charge in [0.2, 0.25) is 0 Å². The van der Waals surface area contributed by atoms with Crippen LogP contribution in [0.1, 0.15) is 47.0 Å². The molecule has 0 radical (unpaired) electrons. The Labute approximate surface area is 93.3 Å². The summed E-state index contributed by atoms with van der Waals surface area (Å²) in [6.07, 6.45) is 6.90. The average molecular weight is 206 g/mol. The van der Waals surface area contributed by atoms with E-state index in [4.69, 9.17) is 0 Å². The molecular formula is C14H22O. The summed E-state index contributed by atoms with van der Waals surface area (Å²) in [6.45, 7) is 12.2. The van der Waals surface area contributed by atoms with E-state index in [9.17, 15) is 4.79 Å². The van der Waals surface area contributed by atoms with Gasteiger partial charge in [-0.3, -0.25) is 4.79 Å². The largest absolute Gasteiger partial charge is 0.299 e. The van der Waals surface area contributed by atoms with E-state index < -0.39 is 0 Å². The number of ketones is 1. The quantitative estimate of drug-likeness (QED) is 0.626. The lowest BCUT2D eigenvalue weighted by Gasteiger charge is -2.45. The van der Waals surface area contributed by atoms with Gasteiger partial charge >= 0.3 is 0 Å². The van der Waals surface area contributed by atoms with Gasteiger partial charge in [0.1, 0.15) is 5.78 Å². The summed E-state index contributed by atoms with van der Waals surface area (Å²) in [5.74, 6) is 0.372. The van der Waals surface area contributed by atoms with E-state index in [2.05, 4.69) is 33.4 Å². The van der Waals surface area contributed by atoms with E-state index in [0.717, 1.165) is 24.8 Å². The molecule has 0 N–H and O–H groups in total. The van der Waals surface area contributed by atoms with Crippen molar-refractivity contribution in [2.24, 2.45) is 10.8 Å². The molecule has 1 aliphatic rings. The first-order valence-electron chi connectivity index (χ1n) is 5.68. The zero-order valence-electron chi connectivity index (χ0n) is 10.4.